The van der Waals surface area contributed by atoms with Gasteiger partial charge in [0.25, 0.3) is 0 Å². The molecular weight excluding hydrogens is 238 g/mol. The second kappa shape index (κ2) is 7.44. The molecule has 7 nitrogen and oxygen atoms in total. The van der Waals surface area contributed by atoms with Crippen molar-refractivity contribution in [1.29, 1.82) is 0 Å². The van der Waals surface area contributed by atoms with Crippen molar-refractivity contribution in [3.8, 4) is 0 Å². The molecule has 0 aliphatic carbocycles. The number of aliphatic carboxylic acids is 1. The Balaban J connectivity index is 2.40. The van der Waals surface area contributed by atoms with Crippen molar-refractivity contribution >= 4 is 11.9 Å². The van der Waals surface area contributed by atoms with Crippen LogP contribution >= 0.6 is 0 Å². The Morgan fingerprint density at radius 2 is 2.39 bits per heavy atom. The monoisotopic (exact) mass is 255 g/mol. The maximum Gasteiger partial charge on any atom is 0.326 e. The molecule has 1 unspecified atom stereocenters. The number of H-pyrrole nitrogens is 1. The van der Waals surface area contributed by atoms with Gasteiger partial charge in [-0.25, -0.2) is 4.79 Å². The van der Waals surface area contributed by atoms with Crippen LogP contribution in [0.2, 0.25) is 0 Å². The van der Waals surface area contributed by atoms with Gasteiger partial charge in [-0.05, 0) is 18.9 Å². The molecule has 0 spiro atoms. The number of carbonyl (C=O) groups is 2. The smallest absolute Gasteiger partial charge is 0.326 e. The Morgan fingerprint density at radius 1 is 1.61 bits per heavy atom. The number of carboxylic acids is 1. The van der Waals surface area contributed by atoms with Crippen LogP contribution in [0, 0.1) is 0 Å². The van der Waals surface area contributed by atoms with E-state index in [4.69, 9.17) is 9.84 Å². The maximum absolute atomic E-state index is 11.6. The topological polar surface area (TPSA) is 104 Å². The van der Waals surface area contributed by atoms with Crippen molar-refractivity contribution < 1.29 is 19.4 Å². The quantitative estimate of drug-likeness (QED) is 0.565. The number of aromatic nitrogens is 2. The Hall–Kier alpha value is -1.89. The normalized spacial score (nSPS) is 12.1. The number of hydrogen-bond donors (Lipinski definition) is 3. The number of carboxylic acid groups (broad SMARTS) is 1. The van der Waals surface area contributed by atoms with E-state index in [-0.39, 0.29) is 12.3 Å². The van der Waals surface area contributed by atoms with Crippen molar-refractivity contribution in [2.45, 2.75) is 25.3 Å². The van der Waals surface area contributed by atoms with E-state index in [1.165, 1.54) is 6.20 Å². The van der Waals surface area contributed by atoms with Crippen molar-refractivity contribution in [2.75, 3.05) is 13.7 Å². The summed E-state index contributed by atoms with van der Waals surface area (Å²) in [6.07, 6.45) is 2.56. The van der Waals surface area contributed by atoms with E-state index in [1.807, 2.05) is 0 Å². The molecule has 0 radical (unpaired) electrons. The molecule has 18 heavy (non-hydrogen) atoms. The maximum atomic E-state index is 11.6. The molecule has 0 aliphatic heterocycles. The standard InChI is InChI=1S/C11H17N3O4/c1-18-6-2-3-9(11(16)17)13-10(15)7-8-4-5-12-14-8/h4-5,9H,2-3,6-7H2,1H3,(H,12,14)(H,13,15)(H,16,17). The molecule has 1 atom stereocenters. The summed E-state index contributed by atoms with van der Waals surface area (Å²) in [5.41, 5.74) is 0.647. The summed E-state index contributed by atoms with van der Waals surface area (Å²) in [5.74, 6) is -1.38. The van der Waals surface area contributed by atoms with Crippen LogP contribution in [0.5, 0.6) is 0 Å². The van der Waals surface area contributed by atoms with Gasteiger partial charge in [0.2, 0.25) is 5.91 Å². The molecule has 1 heterocycles. The highest BCUT2D eigenvalue weighted by Crippen LogP contribution is 2.00. The minimum Gasteiger partial charge on any atom is -0.480 e. The molecule has 0 saturated carbocycles. The lowest BCUT2D eigenvalue weighted by atomic mass is 10.1. The zero-order valence-corrected chi connectivity index (χ0v) is 10.2. The van der Waals surface area contributed by atoms with E-state index < -0.39 is 12.0 Å². The first kappa shape index (κ1) is 14.2. The summed E-state index contributed by atoms with van der Waals surface area (Å²) >= 11 is 0. The highest BCUT2D eigenvalue weighted by atomic mass is 16.5. The van der Waals surface area contributed by atoms with E-state index >= 15 is 0 Å². The Kier molecular flexibility index (Phi) is 5.86. The van der Waals surface area contributed by atoms with Crippen LogP contribution < -0.4 is 5.32 Å². The zero-order chi connectivity index (χ0) is 13.4. The molecule has 0 aromatic carbocycles. The van der Waals surface area contributed by atoms with Crippen molar-refractivity contribution in [3.05, 3.63) is 18.0 Å². The van der Waals surface area contributed by atoms with Gasteiger partial charge in [0, 0.05) is 25.6 Å². The second-order valence-electron chi connectivity index (χ2n) is 3.85. The van der Waals surface area contributed by atoms with Gasteiger partial charge in [-0.1, -0.05) is 0 Å². The molecule has 1 aromatic rings. The van der Waals surface area contributed by atoms with Gasteiger partial charge in [0.05, 0.1) is 6.42 Å². The van der Waals surface area contributed by atoms with Crippen LogP contribution in [-0.4, -0.2) is 46.9 Å². The third-order valence-electron chi connectivity index (χ3n) is 2.38. The average Bonchev–Trinajstić information content (AvgIpc) is 2.80. The summed E-state index contributed by atoms with van der Waals surface area (Å²) < 4.78 is 4.84. The molecule has 100 valence electrons. The number of rotatable bonds is 8. The minimum absolute atomic E-state index is 0.0913. The highest BCUT2D eigenvalue weighted by Gasteiger charge is 2.19. The number of hydrogen-bond acceptors (Lipinski definition) is 4. The predicted molar refractivity (Wildman–Crippen MR) is 63.0 cm³/mol. The first-order chi connectivity index (χ1) is 8.63. The molecule has 0 saturated heterocycles. The van der Waals surface area contributed by atoms with E-state index in [0.717, 1.165) is 0 Å². The van der Waals surface area contributed by atoms with Gasteiger partial charge in [-0.2, -0.15) is 5.10 Å². The highest BCUT2D eigenvalue weighted by molar-refractivity contribution is 5.84. The van der Waals surface area contributed by atoms with Crippen LogP contribution in [0.3, 0.4) is 0 Å². The first-order valence-corrected chi connectivity index (χ1v) is 5.63. The van der Waals surface area contributed by atoms with Crippen LogP contribution in [-0.2, 0) is 20.7 Å². The number of amides is 1. The van der Waals surface area contributed by atoms with Crippen LogP contribution in [0.4, 0.5) is 0 Å². The fourth-order valence-electron chi connectivity index (χ4n) is 1.49. The minimum atomic E-state index is -1.04. The second-order valence-corrected chi connectivity index (χ2v) is 3.85. The lowest BCUT2D eigenvalue weighted by molar-refractivity contribution is -0.142. The molecule has 0 bridgehead atoms. The lowest BCUT2D eigenvalue weighted by Gasteiger charge is -2.13. The van der Waals surface area contributed by atoms with Crippen LogP contribution in [0.25, 0.3) is 0 Å². The third-order valence-corrected chi connectivity index (χ3v) is 2.38. The molecule has 3 N–H and O–H groups in total. The number of methoxy groups -OCH3 is 1. The fourth-order valence-corrected chi connectivity index (χ4v) is 1.49. The van der Waals surface area contributed by atoms with Gasteiger partial charge in [-0.3, -0.25) is 9.89 Å². The van der Waals surface area contributed by atoms with Gasteiger partial charge >= 0.3 is 5.97 Å². The molecule has 1 amide bonds. The number of nitrogens with one attached hydrogen (secondary N) is 2. The summed E-state index contributed by atoms with van der Waals surface area (Å²) in [5, 5.41) is 17.8. The van der Waals surface area contributed by atoms with Gasteiger partial charge < -0.3 is 15.2 Å². The zero-order valence-electron chi connectivity index (χ0n) is 10.2. The molecular formula is C11H17N3O4. The summed E-state index contributed by atoms with van der Waals surface area (Å²) in [6, 6.07) is 0.788. The summed E-state index contributed by atoms with van der Waals surface area (Å²) in [7, 11) is 1.55. The largest absolute Gasteiger partial charge is 0.480 e. The van der Waals surface area contributed by atoms with E-state index in [9.17, 15) is 9.59 Å². The fraction of sp³-hybridized carbons (Fsp3) is 0.545. The van der Waals surface area contributed by atoms with Gasteiger partial charge in [-0.15, -0.1) is 0 Å². The Labute approximate surface area is 105 Å². The molecule has 1 rings (SSSR count). The summed E-state index contributed by atoms with van der Waals surface area (Å²) in [6.45, 7) is 0.472. The van der Waals surface area contributed by atoms with E-state index in [0.29, 0.717) is 25.1 Å². The van der Waals surface area contributed by atoms with Crippen molar-refractivity contribution in [2.24, 2.45) is 0 Å². The van der Waals surface area contributed by atoms with Gasteiger partial charge in [0.15, 0.2) is 0 Å². The molecule has 0 aliphatic rings. The van der Waals surface area contributed by atoms with Crippen molar-refractivity contribution in [1.82, 2.24) is 15.5 Å². The lowest BCUT2D eigenvalue weighted by Crippen LogP contribution is -2.41. The molecule has 0 fully saturated rings. The molecule has 1 aromatic heterocycles. The van der Waals surface area contributed by atoms with Crippen molar-refractivity contribution in [3.63, 3.8) is 0 Å². The number of aromatic amines is 1. The third kappa shape index (κ3) is 4.96. The summed E-state index contributed by atoms with van der Waals surface area (Å²) in [4.78, 5) is 22.6. The van der Waals surface area contributed by atoms with E-state index in [1.54, 1.807) is 13.2 Å². The number of ether oxygens (including phenoxy) is 1. The van der Waals surface area contributed by atoms with Gasteiger partial charge in [0.1, 0.15) is 6.04 Å². The predicted octanol–water partition coefficient (Wildman–Crippen LogP) is -0.0518. The Bertz CT molecular complexity index is 378. The number of nitrogens with zero attached hydrogens (tertiary/aromatic N) is 1. The van der Waals surface area contributed by atoms with Crippen LogP contribution in [0.15, 0.2) is 12.3 Å². The Morgan fingerprint density at radius 3 is 2.94 bits per heavy atom. The van der Waals surface area contributed by atoms with E-state index in [2.05, 4.69) is 15.5 Å². The average molecular weight is 255 g/mol. The molecule has 7 heteroatoms. The number of carbonyl (C=O) groups excluding carboxylic acids is 1. The first-order valence-electron chi connectivity index (χ1n) is 5.63. The van der Waals surface area contributed by atoms with Crippen LogP contribution in [0.1, 0.15) is 18.5 Å². The SMILES string of the molecule is COCCCC(NC(=O)Cc1ccn[nH]1)C(=O)O.